The molecule has 0 bridgehead atoms. The van der Waals surface area contributed by atoms with Gasteiger partial charge in [0.15, 0.2) is 0 Å². The SMILES string of the molecule is CN=C1Nc2ccncc2S(=O)(=O)N1. The Bertz CT molecular complexity index is 494. The molecule has 0 spiro atoms. The lowest BCUT2D eigenvalue weighted by molar-refractivity contribution is 0.591. The summed E-state index contributed by atoms with van der Waals surface area (Å²) in [4.78, 5) is 7.61. The number of guanidine groups is 1. The standard InChI is InChI=1S/C7H8N4O2S/c1-8-7-10-5-2-3-9-4-6(5)14(12,13)11-7/h2-4H,1H3,(H2,8,10,11). The zero-order chi connectivity index (χ0) is 10.2. The number of nitrogens with zero attached hydrogens (tertiary/aromatic N) is 2. The minimum atomic E-state index is -3.51. The van der Waals surface area contributed by atoms with Crippen LogP contribution in [0.3, 0.4) is 0 Å². The van der Waals surface area contributed by atoms with Crippen LogP contribution in [0.15, 0.2) is 28.3 Å². The molecule has 2 N–H and O–H groups in total. The molecular formula is C7H8N4O2S. The molecule has 1 aromatic heterocycles. The van der Waals surface area contributed by atoms with Gasteiger partial charge >= 0.3 is 0 Å². The van der Waals surface area contributed by atoms with E-state index in [2.05, 4.69) is 20.0 Å². The Labute approximate surface area is 81.1 Å². The number of aromatic nitrogens is 1. The average Bonchev–Trinajstić information content (AvgIpc) is 2.17. The van der Waals surface area contributed by atoms with Gasteiger partial charge in [0.25, 0.3) is 10.0 Å². The third-order valence-electron chi connectivity index (χ3n) is 1.78. The number of hydrogen-bond acceptors (Lipinski definition) is 4. The molecule has 0 saturated carbocycles. The molecule has 1 aromatic rings. The lowest BCUT2D eigenvalue weighted by Gasteiger charge is -2.20. The topological polar surface area (TPSA) is 83.5 Å². The van der Waals surface area contributed by atoms with E-state index in [1.165, 1.54) is 19.4 Å². The molecule has 2 rings (SSSR count). The summed E-state index contributed by atoms with van der Waals surface area (Å²) < 4.78 is 25.4. The Morgan fingerprint density at radius 3 is 3.00 bits per heavy atom. The van der Waals surface area contributed by atoms with Crippen molar-refractivity contribution >= 4 is 21.7 Å². The first-order valence-corrected chi connectivity index (χ1v) is 5.32. The van der Waals surface area contributed by atoms with Gasteiger partial charge in [0.05, 0.1) is 5.69 Å². The Morgan fingerprint density at radius 1 is 1.50 bits per heavy atom. The Kier molecular flexibility index (Phi) is 1.88. The van der Waals surface area contributed by atoms with Gasteiger partial charge in [-0.3, -0.25) is 9.98 Å². The van der Waals surface area contributed by atoms with Crippen LogP contribution in [0, 0.1) is 0 Å². The van der Waals surface area contributed by atoms with Crippen LogP contribution >= 0.6 is 0 Å². The largest absolute Gasteiger partial charge is 0.324 e. The van der Waals surface area contributed by atoms with E-state index in [1.54, 1.807) is 6.07 Å². The molecule has 1 aliphatic heterocycles. The summed E-state index contributed by atoms with van der Waals surface area (Å²) in [6, 6.07) is 1.58. The fourth-order valence-electron chi connectivity index (χ4n) is 1.13. The monoisotopic (exact) mass is 212 g/mol. The molecular weight excluding hydrogens is 204 g/mol. The van der Waals surface area contributed by atoms with E-state index in [4.69, 9.17) is 0 Å². The van der Waals surface area contributed by atoms with Crippen molar-refractivity contribution in [1.82, 2.24) is 9.71 Å². The summed E-state index contributed by atoms with van der Waals surface area (Å²) in [5, 5.41) is 2.82. The molecule has 0 unspecified atom stereocenters. The molecule has 0 saturated heterocycles. The minimum Gasteiger partial charge on any atom is -0.324 e. The van der Waals surface area contributed by atoms with E-state index in [-0.39, 0.29) is 10.9 Å². The Hall–Kier alpha value is -1.63. The van der Waals surface area contributed by atoms with Gasteiger partial charge in [-0.25, -0.2) is 13.1 Å². The second-order valence-corrected chi connectivity index (χ2v) is 4.33. The zero-order valence-electron chi connectivity index (χ0n) is 7.35. The van der Waals surface area contributed by atoms with E-state index in [0.29, 0.717) is 5.69 Å². The number of hydrogen-bond donors (Lipinski definition) is 2. The second-order valence-electron chi connectivity index (χ2n) is 2.67. The molecule has 0 fully saturated rings. The van der Waals surface area contributed by atoms with Gasteiger partial charge < -0.3 is 5.32 Å². The maximum Gasteiger partial charge on any atom is 0.267 e. The van der Waals surface area contributed by atoms with Gasteiger partial charge in [-0.15, -0.1) is 0 Å². The summed E-state index contributed by atoms with van der Waals surface area (Å²) in [7, 11) is -2.01. The Balaban J connectivity index is 2.64. The second kappa shape index (κ2) is 2.95. The van der Waals surface area contributed by atoms with Gasteiger partial charge in [-0.05, 0) is 6.07 Å². The van der Waals surface area contributed by atoms with Crippen molar-refractivity contribution < 1.29 is 8.42 Å². The van der Waals surface area contributed by atoms with Crippen molar-refractivity contribution in [2.45, 2.75) is 4.90 Å². The maximum atomic E-state index is 11.6. The van der Waals surface area contributed by atoms with Crippen molar-refractivity contribution in [2.24, 2.45) is 4.99 Å². The fraction of sp³-hybridized carbons (Fsp3) is 0.143. The highest BCUT2D eigenvalue weighted by atomic mass is 32.2. The predicted octanol–water partition coefficient (Wildman–Crippen LogP) is -0.229. The van der Waals surface area contributed by atoms with Gasteiger partial charge in [-0.1, -0.05) is 0 Å². The third kappa shape index (κ3) is 1.31. The van der Waals surface area contributed by atoms with E-state index in [9.17, 15) is 8.42 Å². The van der Waals surface area contributed by atoms with Gasteiger partial charge in [-0.2, -0.15) is 0 Å². The molecule has 6 nitrogen and oxygen atoms in total. The molecule has 0 atom stereocenters. The highest BCUT2D eigenvalue weighted by molar-refractivity contribution is 7.90. The van der Waals surface area contributed by atoms with Crippen LogP contribution in [0.2, 0.25) is 0 Å². The number of aliphatic imine (C=N–C) groups is 1. The summed E-state index contributed by atoms with van der Waals surface area (Å²) in [6.07, 6.45) is 2.80. The molecule has 2 heterocycles. The van der Waals surface area contributed by atoms with Crippen LogP contribution in [0.4, 0.5) is 5.69 Å². The van der Waals surface area contributed by atoms with E-state index in [0.717, 1.165) is 0 Å². The average molecular weight is 212 g/mol. The summed E-state index contributed by atoms with van der Waals surface area (Å²) in [6.45, 7) is 0. The van der Waals surface area contributed by atoms with Crippen molar-refractivity contribution in [3.63, 3.8) is 0 Å². The van der Waals surface area contributed by atoms with Crippen molar-refractivity contribution in [3.8, 4) is 0 Å². The molecule has 1 aliphatic rings. The fourth-order valence-corrected chi connectivity index (χ4v) is 2.25. The van der Waals surface area contributed by atoms with Crippen LogP contribution < -0.4 is 10.0 Å². The molecule has 14 heavy (non-hydrogen) atoms. The van der Waals surface area contributed by atoms with E-state index >= 15 is 0 Å². The van der Waals surface area contributed by atoms with Gasteiger partial charge in [0.2, 0.25) is 5.96 Å². The molecule has 7 heteroatoms. The van der Waals surface area contributed by atoms with Crippen molar-refractivity contribution in [3.05, 3.63) is 18.5 Å². The smallest absolute Gasteiger partial charge is 0.267 e. The van der Waals surface area contributed by atoms with Crippen LogP contribution in [0.25, 0.3) is 0 Å². The number of rotatable bonds is 0. The highest BCUT2D eigenvalue weighted by Crippen LogP contribution is 2.22. The first-order valence-electron chi connectivity index (χ1n) is 3.84. The number of sulfonamides is 1. The predicted molar refractivity (Wildman–Crippen MR) is 51.5 cm³/mol. The van der Waals surface area contributed by atoms with Gasteiger partial charge in [0.1, 0.15) is 4.90 Å². The first kappa shape index (κ1) is 8.95. The Morgan fingerprint density at radius 2 is 2.29 bits per heavy atom. The van der Waals surface area contributed by atoms with E-state index < -0.39 is 10.0 Å². The van der Waals surface area contributed by atoms with Crippen molar-refractivity contribution in [1.29, 1.82) is 0 Å². The van der Waals surface area contributed by atoms with Crippen molar-refractivity contribution in [2.75, 3.05) is 12.4 Å². The normalized spacial score (nSPS) is 20.8. The lowest BCUT2D eigenvalue weighted by atomic mass is 10.4. The third-order valence-corrected chi connectivity index (χ3v) is 3.15. The number of fused-ring (bicyclic) bond motifs is 1. The number of anilines is 1. The van der Waals surface area contributed by atoms with Gasteiger partial charge in [0, 0.05) is 19.4 Å². The molecule has 0 aromatic carbocycles. The van der Waals surface area contributed by atoms with Crippen LogP contribution in [-0.2, 0) is 10.0 Å². The van der Waals surface area contributed by atoms with Crippen LogP contribution in [-0.4, -0.2) is 26.4 Å². The summed E-state index contributed by atoms with van der Waals surface area (Å²) in [5.74, 6) is 0.212. The summed E-state index contributed by atoms with van der Waals surface area (Å²) in [5.41, 5.74) is 0.486. The number of nitrogens with one attached hydrogen (secondary N) is 2. The highest BCUT2D eigenvalue weighted by Gasteiger charge is 2.25. The molecule has 0 aliphatic carbocycles. The maximum absolute atomic E-state index is 11.6. The summed E-state index contributed by atoms with van der Waals surface area (Å²) >= 11 is 0. The number of pyridine rings is 1. The first-order chi connectivity index (χ1) is 6.63. The zero-order valence-corrected chi connectivity index (χ0v) is 8.17. The lowest BCUT2D eigenvalue weighted by Crippen LogP contribution is -2.40. The van der Waals surface area contributed by atoms with Crippen LogP contribution in [0.1, 0.15) is 0 Å². The minimum absolute atomic E-state index is 0.132. The molecule has 74 valence electrons. The van der Waals surface area contributed by atoms with Crippen LogP contribution in [0.5, 0.6) is 0 Å². The molecule has 0 radical (unpaired) electrons. The molecule has 0 amide bonds. The quantitative estimate of drug-likeness (QED) is 0.622. The van der Waals surface area contributed by atoms with E-state index in [1.807, 2.05) is 0 Å².